The van der Waals surface area contributed by atoms with E-state index in [2.05, 4.69) is 29.3 Å². The van der Waals surface area contributed by atoms with E-state index in [4.69, 9.17) is 4.74 Å². The number of imide groups is 1. The summed E-state index contributed by atoms with van der Waals surface area (Å²) in [6.45, 7) is 6.00. The van der Waals surface area contributed by atoms with Crippen LogP contribution in [0, 0.1) is 5.92 Å². The fourth-order valence-corrected chi connectivity index (χ4v) is 5.13. The summed E-state index contributed by atoms with van der Waals surface area (Å²) in [5.41, 5.74) is 0.540. The zero-order valence-electron chi connectivity index (χ0n) is 16.9. The lowest BCUT2D eigenvalue weighted by molar-refractivity contribution is -0.135. The molecule has 1 spiro atoms. The molecule has 4 rings (SSSR count). The van der Waals surface area contributed by atoms with Crippen LogP contribution >= 0.6 is 0 Å². The van der Waals surface area contributed by atoms with E-state index in [1.54, 1.807) is 0 Å². The van der Waals surface area contributed by atoms with Crippen molar-refractivity contribution >= 4 is 11.9 Å². The Kier molecular flexibility index (Phi) is 5.32. The van der Waals surface area contributed by atoms with Crippen molar-refractivity contribution in [2.75, 3.05) is 19.8 Å². The molecule has 152 valence electrons. The predicted molar refractivity (Wildman–Crippen MR) is 107 cm³/mol. The molecule has 3 aliphatic rings. The largest absolute Gasteiger partial charge is 0.494 e. The minimum absolute atomic E-state index is 0.0259. The van der Waals surface area contributed by atoms with Gasteiger partial charge in [-0.15, -0.1) is 0 Å². The molecule has 0 unspecified atom stereocenters. The predicted octanol–water partition coefficient (Wildman–Crippen LogP) is 3.68. The standard InChI is InChI=1S/C22H31N3O3/c1-3-28-18-11-9-17(10-12-18)19-8-6-14-24(19)15-25-20(26)22(23-21(25)27)13-5-4-7-16(22)2/h9-12,16,19H,3-8,13-15H2,1-2H3,(H,23,27)/t16-,19+,22+/m1/s1. The van der Waals surface area contributed by atoms with Gasteiger partial charge in [-0.3, -0.25) is 9.69 Å². The second-order valence-electron chi connectivity index (χ2n) is 8.40. The Hall–Kier alpha value is -2.08. The van der Waals surface area contributed by atoms with E-state index >= 15 is 0 Å². The second-order valence-corrected chi connectivity index (χ2v) is 8.40. The van der Waals surface area contributed by atoms with Crippen LogP contribution in [-0.2, 0) is 4.79 Å². The van der Waals surface area contributed by atoms with Crippen molar-refractivity contribution in [3.05, 3.63) is 29.8 Å². The molecule has 6 heteroatoms. The minimum atomic E-state index is -0.677. The minimum Gasteiger partial charge on any atom is -0.494 e. The summed E-state index contributed by atoms with van der Waals surface area (Å²) in [6.07, 6.45) is 6.01. The number of hydrogen-bond donors (Lipinski definition) is 1. The van der Waals surface area contributed by atoms with E-state index in [0.717, 1.165) is 50.8 Å². The highest BCUT2D eigenvalue weighted by Gasteiger charge is 2.55. The Morgan fingerprint density at radius 3 is 2.64 bits per heavy atom. The van der Waals surface area contributed by atoms with Crippen LogP contribution < -0.4 is 10.1 Å². The van der Waals surface area contributed by atoms with Crippen LogP contribution in [0.1, 0.15) is 64.0 Å². The molecule has 1 aromatic carbocycles. The molecule has 0 aromatic heterocycles. The van der Waals surface area contributed by atoms with E-state index in [1.165, 1.54) is 10.5 Å². The van der Waals surface area contributed by atoms with Gasteiger partial charge in [0.05, 0.1) is 13.3 Å². The quantitative estimate of drug-likeness (QED) is 0.786. The van der Waals surface area contributed by atoms with Gasteiger partial charge in [-0.25, -0.2) is 9.69 Å². The molecule has 2 aliphatic heterocycles. The third kappa shape index (κ3) is 3.28. The molecule has 0 radical (unpaired) electrons. The van der Waals surface area contributed by atoms with Gasteiger partial charge in [-0.05, 0) is 56.2 Å². The average molecular weight is 386 g/mol. The number of rotatable bonds is 5. The van der Waals surface area contributed by atoms with E-state index < -0.39 is 5.54 Å². The van der Waals surface area contributed by atoms with Gasteiger partial charge in [0.15, 0.2) is 0 Å². The van der Waals surface area contributed by atoms with Crippen molar-refractivity contribution in [1.82, 2.24) is 15.1 Å². The number of benzene rings is 1. The van der Waals surface area contributed by atoms with E-state index in [9.17, 15) is 9.59 Å². The molecule has 6 nitrogen and oxygen atoms in total. The van der Waals surface area contributed by atoms with Gasteiger partial charge in [0.1, 0.15) is 11.3 Å². The van der Waals surface area contributed by atoms with E-state index in [1.807, 2.05) is 19.1 Å². The van der Waals surface area contributed by atoms with Gasteiger partial charge >= 0.3 is 6.03 Å². The number of nitrogens with zero attached hydrogens (tertiary/aromatic N) is 2. The number of carbonyl (C=O) groups excluding carboxylic acids is 2. The smallest absolute Gasteiger partial charge is 0.326 e. The summed E-state index contributed by atoms with van der Waals surface area (Å²) in [6, 6.07) is 8.21. The van der Waals surface area contributed by atoms with Crippen molar-refractivity contribution in [3.63, 3.8) is 0 Å². The molecule has 0 bridgehead atoms. The summed E-state index contributed by atoms with van der Waals surface area (Å²) >= 11 is 0. The normalized spacial score (nSPS) is 30.9. The lowest BCUT2D eigenvalue weighted by atomic mass is 9.73. The summed E-state index contributed by atoms with van der Waals surface area (Å²) in [4.78, 5) is 29.7. The first-order valence-electron chi connectivity index (χ1n) is 10.7. The average Bonchev–Trinajstić information content (AvgIpc) is 3.24. The van der Waals surface area contributed by atoms with E-state index in [-0.39, 0.29) is 23.9 Å². The van der Waals surface area contributed by atoms with Crippen molar-refractivity contribution in [2.45, 2.75) is 64.0 Å². The number of amides is 3. The highest BCUT2D eigenvalue weighted by atomic mass is 16.5. The lowest BCUT2D eigenvalue weighted by Gasteiger charge is -2.37. The highest BCUT2D eigenvalue weighted by Crippen LogP contribution is 2.39. The molecule has 3 amide bonds. The molecule has 3 atom stereocenters. The van der Waals surface area contributed by atoms with Crippen molar-refractivity contribution in [1.29, 1.82) is 0 Å². The third-order valence-corrected chi connectivity index (χ3v) is 6.76. The SMILES string of the molecule is CCOc1ccc([C@@H]2CCCN2CN2C(=O)N[C@]3(CCCC[C@H]3C)C2=O)cc1. The maximum Gasteiger partial charge on any atom is 0.326 e. The molecule has 2 heterocycles. The second kappa shape index (κ2) is 7.74. The summed E-state index contributed by atoms with van der Waals surface area (Å²) < 4.78 is 5.54. The molecular weight excluding hydrogens is 354 g/mol. The fraction of sp³-hybridized carbons (Fsp3) is 0.636. The maximum atomic E-state index is 13.3. The fourth-order valence-electron chi connectivity index (χ4n) is 5.13. The number of carbonyl (C=O) groups is 2. The Balaban J connectivity index is 1.48. The van der Waals surface area contributed by atoms with Gasteiger partial charge in [0, 0.05) is 12.6 Å². The first-order chi connectivity index (χ1) is 13.5. The van der Waals surface area contributed by atoms with Gasteiger partial charge in [0.2, 0.25) is 0 Å². The maximum absolute atomic E-state index is 13.3. The molecule has 3 fully saturated rings. The van der Waals surface area contributed by atoms with Crippen LogP contribution in [0.3, 0.4) is 0 Å². The summed E-state index contributed by atoms with van der Waals surface area (Å²) in [5, 5.41) is 3.06. The van der Waals surface area contributed by atoms with Gasteiger partial charge < -0.3 is 10.1 Å². The Morgan fingerprint density at radius 1 is 1.14 bits per heavy atom. The topological polar surface area (TPSA) is 61.9 Å². The van der Waals surface area contributed by atoms with Crippen LogP contribution in [0.5, 0.6) is 5.75 Å². The molecule has 1 N–H and O–H groups in total. The summed E-state index contributed by atoms with van der Waals surface area (Å²) in [5.74, 6) is 1.04. The van der Waals surface area contributed by atoms with E-state index in [0.29, 0.717) is 13.3 Å². The zero-order chi connectivity index (χ0) is 19.7. The van der Waals surface area contributed by atoms with Crippen LogP contribution in [0.15, 0.2) is 24.3 Å². The van der Waals surface area contributed by atoms with Gasteiger partial charge in [-0.2, -0.15) is 0 Å². The zero-order valence-corrected chi connectivity index (χ0v) is 16.9. The number of likely N-dealkylation sites (tertiary alicyclic amines) is 1. The van der Waals surface area contributed by atoms with Crippen molar-refractivity contribution < 1.29 is 14.3 Å². The molecule has 1 saturated carbocycles. The number of hydrogen-bond acceptors (Lipinski definition) is 4. The summed E-state index contributed by atoms with van der Waals surface area (Å²) in [7, 11) is 0. The van der Waals surface area contributed by atoms with Crippen LogP contribution in [0.2, 0.25) is 0 Å². The number of nitrogens with one attached hydrogen (secondary N) is 1. The Morgan fingerprint density at radius 2 is 1.93 bits per heavy atom. The Labute approximate surface area is 167 Å². The third-order valence-electron chi connectivity index (χ3n) is 6.76. The van der Waals surface area contributed by atoms with Crippen LogP contribution in [-0.4, -0.2) is 47.1 Å². The van der Waals surface area contributed by atoms with Crippen LogP contribution in [0.25, 0.3) is 0 Å². The van der Waals surface area contributed by atoms with Crippen molar-refractivity contribution in [3.8, 4) is 5.75 Å². The van der Waals surface area contributed by atoms with Crippen LogP contribution in [0.4, 0.5) is 4.79 Å². The first-order valence-corrected chi connectivity index (χ1v) is 10.7. The highest BCUT2D eigenvalue weighted by molar-refractivity contribution is 6.07. The van der Waals surface area contributed by atoms with Crippen molar-refractivity contribution in [2.24, 2.45) is 5.92 Å². The monoisotopic (exact) mass is 385 g/mol. The lowest BCUT2D eigenvalue weighted by Crippen LogP contribution is -2.54. The van der Waals surface area contributed by atoms with Gasteiger partial charge in [0.25, 0.3) is 5.91 Å². The number of urea groups is 1. The Bertz CT molecular complexity index is 735. The molecule has 28 heavy (non-hydrogen) atoms. The molecule has 1 aromatic rings. The molecule has 2 saturated heterocycles. The van der Waals surface area contributed by atoms with Gasteiger partial charge in [-0.1, -0.05) is 31.9 Å². The number of ether oxygens (including phenoxy) is 1. The molecular formula is C22H31N3O3. The first kappa shape index (κ1) is 19.2. The molecule has 1 aliphatic carbocycles.